The summed E-state index contributed by atoms with van der Waals surface area (Å²) in [6.07, 6.45) is 0.461. The van der Waals surface area contributed by atoms with Gasteiger partial charge in [0.25, 0.3) is 5.97 Å². The predicted molar refractivity (Wildman–Crippen MR) is 33.8 cm³/mol. The molecule has 1 N–H and O–H groups in total. The van der Waals surface area contributed by atoms with E-state index in [1.165, 1.54) is 3.93 Å². The van der Waals surface area contributed by atoms with Crippen molar-refractivity contribution >= 4 is 5.97 Å². The van der Waals surface area contributed by atoms with Crippen LogP contribution in [-0.2, 0) is 40.4 Å². The Balaban J connectivity index is 0.000000218. The number of hydrogen-bond donors (Lipinski definition) is 1. The van der Waals surface area contributed by atoms with Gasteiger partial charge in [0.1, 0.15) is 0 Å². The van der Waals surface area contributed by atoms with E-state index in [1.807, 2.05) is 0 Å². The number of rotatable bonds is 1. The summed E-state index contributed by atoms with van der Waals surface area (Å²) >= 11 is 0.878. The van der Waals surface area contributed by atoms with Gasteiger partial charge in [-0.1, -0.05) is 0 Å². The molecule has 0 aromatic rings. The number of carboxylic acid groups (broad SMARTS) is 1. The summed E-state index contributed by atoms with van der Waals surface area (Å²) in [4.78, 5) is 9.00. The maximum absolute atomic E-state index is 9.00. The van der Waals surface area contributed by atoms with Crippen molar-refractivity contribution in [3.05, 3.63) is 0 Å². The van der Waals surface area contributed by atoms with E-state index < -0.39 is 5.97 Å². The number of aliphatic carboxylic acids is 1. The normalized spacial score (nSPS) is 22.3. The molecule has 0 aromatic heterocycles. The van der Waals surface area contributed by atoms with Gasteiger partial charge in [0, 0.05) is 6.92 Å². The molecule has 0 spiro atoms. The standard InChI is InChI=1S/C4H7O2.C2H4O2.Hg/c1-4-2-5-3-6-4;1-2(3)4;/h4H,1-3H2;1H3,(H,3,4);. The van der Waals surface area contributed by atoms with Gasteiger partial charge >= 0.3 is 59.0 Å². The Morgan fingerprint density at radius 3 is 2.55 bits per heavy atom. The van der Waals surface area contributed by atoms with E-state index in [0.717, 1.165) is 39.7 Å². The third-order valence-corrected chi connectivity index (χ3v) is 3.52. The monoisotopic (exact) mass is 349 g/mol. The second kappa shape index (κ2) is 7.00. The zero-order valence-corrected chi connectivity index (χ0v) is 12.1. The fourth-order valence-corrected chi connectivity index (χ4v) is 1.83. The van der Waals surface area contributed by atoms with Gasteiger partial charge < -0.3 is 5.11 Å². The number of carboxylic acids is 1. The van der Waals surface area contributed by atoms with Gasteiger partial charge in [-0.05, 0) is 0 Å². The van der Waals surface area contributed by atoms with Crippen LogP contribution in [0.5, 0.6) is 0 Å². The Labute approximate surface area is 81.8 Å². The maximum atomic E-state index is 9.00. The summed E-state index contributed by atoms with van der Waals surface area (Å²) in [6, 6.07) is 0. The summed E-state index contributed by atoms with van der Waals surface area (Å²) in [5, 5.41) is 7.42. The fraction of sp³-hybridized carbons (Fsp3) is 0.833. The molecule has 1 fully saturated rings. The van der Waals surface area contributed by atoms with E-state index in [2.05, 4.69) is 0 Å². The zero-order valence-electron chi connectivity index (χ0n) is 6.58. The molecule has 0 radical (unpaired) electrons. The number of carbonyl (C=O) groups is 1. The molecule has 5 heteroatoms. The van der Waals surface area contributed by atoms with Crippen LogP contribution in [0.4, 0.5) is 0 Å². The van der Waals surface area contributed by atoms with E-state index in [0.29, 0.717) is 12.9 Å². The Morgan fingerprint density at radius 1 is 1.82 bits per heavy atom. The summed E-state index contributed by atoms with van der Waals surface area (Å²) < 4.78 is 11.3. The molecule has 1 aliphatic heterocycles. The van der Waals surface area contributed by atoms with Gasteiger partial charge in [-0.15, -0.1) is 0 Å². The van der Waals surface area contributed by atoms with Gasteiger partial charge in [0.2, 0.25) is 0 Å². The minimum absolute atomic E-state index is 0.461. The first-order valence-corrected chi connectivity index (χ1v) is 7.23. The molecule has 0 aliphatic carbocycles. The molecule has 1 atom stereocenters. The first-order chi connectivity index (χ1) is 5.16. The molecule has 1 rings (SSSR count). The molecular formula is C6H11HgO4. The van der Waals surface area contributed by atoms with Gasteiger partial charge in [0.15, 0.2) is 0 Å². The van der Waals surface area contributed by atoms with Crippen LogP contribution in [0, 0.1) is 0 Å². The predicted octanol–water partition coefficient (Wildman–Crippen LogP) is 0.415. The SMILES string of the molecule is CC(=O)O.[Hg][CH2]C1COCO1. The molecule has 0 saturated carbocycles. The number of ether oxygens (including phenoxy) is 2. The number of hydrogen-bond acceptors (Lipinski definition) is 3. The molecular weight excluding hydrogens is 337 g/mol. The van der Waals surface area contributed by atoms with Crippen molar-refractivity contribution in [3.63, 3.8) is 0 Å². The van der Waals surface area contributed by atoms with Crippen molar-refractivity contribution in [2.45, 2.75) is 17.0 Å². The van der Waals surface area contributed by atoms with E-state index in [1.54, 1.807) is 0 Å². The van der Waals surface area contributed by atoms with Crippen LogP contribution >= 0.6 is 0 Å². The van der Waals surface area contributed by atoms with E-state index in [-0.39, 0.29) is 0 Å². The van der Waals surface area contributed by atoms with Crippen molar-refractivity contribution in [1.82, 2.24) is 0 Å². The molecule has 11 heavy (non-hydrogen) atoms. The molecule has 4 nitrogen and oxygen atoms in total. The first-order valence-electron chi connectivity index (χ1n) is 3.35. The third-order valence-electron chi connectivity index (χ3n) is 1.01. The van der Waals surface area contributed by atoms with E-state index in [9.17, 15) is 0 Å². The summed E-state index contributed by atoms with van der Waals surface area (Å²) in [5.74, 6) is -0.833. The Hall–Kier alpha value is 0.325. The van der Waals surface area contributed by atoms with Crippen molar-refractivity contribution in [2.75, 3.05) is 13.4 Å². The topological polar surface area (TPSA) is 55.8 Å². The molecule has 1 heterocycles. The van der Waals surface area contributed by atoms with Crippen molar-refractivity contribution < 1.29 is 45.5 Å². The zero-order chi connectivity index (χ0) is 8.69. The second-order valence-electron chi connectivity index (χ2n) is 2.09. The first kappa shape index (κ1) is 11.3. The quantitative estimate of drug-likeness (QED) is 0.698. The Bertz CT molecular complexity index is 107. The second-order valence-corrected chi connectivity index (χ2v) is 4.33. The minimum atomic E-state index is -0.833. The van der Waals surface area contributed by atoms with Gasteiger partial charge in [-0.3, -0.25) is 4.79 Å². The van der Waals surface area contributed by atoms with Gasteiger partial charge in [-0.25, -0.2) is 0 Å². The van der Waals surface area contributed by atoms with Crippen LogP contribution in [0.25, 0.3) is 0 Å². The fourth-order valence-electron chi connectivity index (χ4n) is 0.539. The van der Waals surface area contributed by atoms with Gasteiger partial charge in [-0.2, -0.15) is 0 Å². The average Bonchev–Trinajstić information content (AvgIpc) is 2.36. The molecule has 61 valence electrons. The average molecular weight is 348 g/mol. The summed E-state index contributed by atoms with van der Waals surface area (Å²) in [5.41, 5.74) is 0. The van der Waals surface area contributed by atoms with Crippen LogP contribution in [0.15, 0.2) is 0 Å². The van der Waals surface area contributed by atoms with Crippen LogP contribution < -0.4 is 0 Å². The van der Waals surface area contributed by atoms with E-state index in [4.69, 9.17) is 19.4 Å². The molecule has 1 unspecified atom stereocenters. The van der Waals surface area contributed by atoms with Crippen LogP contribution in [-0.4, -0.2) is 30.6 Å². The molecule has 1 saturated heterocycles. The van der Waals surface area contributed by atoms with Crippen molar-refractivity contribution in [3.8, 4) is 0 Å². The van der Waals surface area contributed by atoms with Crippen LogP contribution in [0.2, 0.25) is 3.93 Å². The van der Waals surface area contributed by atoms with Crippen molar-refractivity contribution in [2.24, 2.45) is 0 Å². The molecule has 0 amide bonds. The molecule has 1 aliphatic rings. The van der Waals surface area contributed by atoms with Crippen LogP contribution in [0.1, 0.15) is 6.92 Å². The van der Waals surface area contributed by atoms with Gasteiger partial charge in [0.05, 0.1) is 0 Å². The molecule has 0 aromatic carbocycles. The van der Waals surface area contributed by atoms with E-state index >= 15 is 0 Å². The van der Waals surface area contributed by atoms with Crippen molar-refractivity contribution in [1.29, 1.82) is 0 Å². The summed E-state index contributed by atoms with van der Waals surface area (Å²) in [6.45, 7) is 2.45. The Kier molecular flexibility index (Phi) is 7.21. The third kappa shape index (κ3) is 8.23. The molecule has 0 bridgehead atoms. The van der Waals surface area contributed by atoms with Crippen LogP contribution in [0.3, 0.4) is 0 Å². The summed E-state index contributed by atoms with van der Waals surface area (Å²) in [7, 11) is 0. The Morgan fingerprint density at radius 2 is 2.36 bits per heavy atom.